The van der Waals surface area contributed by atoms with E-state index in [1.54, 1.807) is 18.2 Å². The van der Waals surface area contributed by atoms with Crippen LogP contribution < -0.4 is 16.4 Å². The number of carbonyl (C=O) groups is 2. The zero-order valence-corrected chi connectivity index (χ0v) is 18.3. The Labute approximate surface area is 186 Å². The number of fused-ring (bicyclic) bond motifs is 1. The molecule has 2 aromatic carbocycles. The van der Waals surface area contributed by atoms with Crippen LogP contribution in [0.4, 0.5) is 4.39 Å². The third-order valence-electron chi connectivity index (χ3n) is 4.98. The van der Waals surface area contributed by atoms with Gasteiger partial charge in [0, 0.05) is 5.56 Å². The van der Waals surface area contributed by atoms with Gasteiger partial charge in [-0.15, -0.1) is 0 Å². The predicted octanol–water partition coefficient (Wildman–Crippen LogP) is 1.46. The van der Waals surface area contributed by atoms with Crippen molar-refractivity contribution in [2.24, 2.45) is 5.73 Å². The lowest BCUT2D eigenvalue weighted by atomic mass is 9.77. The summed E-state index contributed by atoms with van der Waals surface area (Å²) in [6.07, 6.45) is 3.92. The standard InChI is InChI=1S/C21H29BFN3O4S/c1-31-12-10-19(22(29)30)26-21(28)18(7-2-3-11-24)25-20(27)17-6-4-5-14-13-15(23)8-9-16(14)17/h4-6,8-9,13,18-19,29-30H,2-3,7,10-12,24H2,1H3,(H,25,27)(H,26,28)/t18-,19-/m0/s1. The summed E-state index contributed by atoms with van der Waals surface area (Å²) in [7, 11) is -1.70. The number of thioether (sulfide) groups is 1. The quantitative estimate of drug-likeness (QED) is 0.247. The third kappa shape index (κ3) is 7.50. The maximum absolute atomic E-state index is 13.5. The van der Waals surface area contributed by atoms with E-state index >= 15 is 0 Å². The molecular formula is C21H29BFN3O4S. The van der Waals surface area contributed by atoms with Gasteiger partial charge < -0.3 is 26.4 Å². The highest BCUT2D eigenvalue weighted by molar-refractivity contribution is 7.98. The summed E-state index contributed by atoms with van der Waals surface area (Å²) in [6.45, 7) is 0.461. The second kappa shape index (κ2) is 12.7. The van der Waals surface area contributed by atoms with Crippen molar-refractivity contribution in [2.45, 2.75) is 37.7 Å². The van der Waals surface area contributed by atoms with Gasteiger partial charge >= 0.3 is 7.12 Å². The molecule has 0 fully saturated rings. The Morgan fingerprint density at radius 2 is 1.94 bits per heavy atom. The Kier molecular flexibility index (Phi) is 10.3. The number of unbranched alkanes of at least 4 members (excludes halogenated alkanes) is 1. The molecule has 0 radical (unpaired) electrons. The van der Waals surface area contributed by atoms with Gasteiger partial charge in [-0.2, -0.15) is 11.8 Å². The predicted molar refractivity (Wildman–Crippen MR) is 123 cm³/mol. The van der Waals surface area contributed by atoms with Gasteiger partial charge in [-0.05, 0) is 73.2 Å². The van der Waals surface area contributed by atoms with E-state index in [1.807, 2.05) is 6.26 Å². The van der Waals surface area contributed by atoms with Gasteiger partial charge in [-0.3, -0.25) is 9.59 Å². The average molecular weight is 449 g/mol. The van der Waals surface area contributed by atoms with Crippen LogP contribution in [0.2, 0.25) is 0 Å². The first-order valence-corrected chi connectivity index (χ1v) is 11.6. The molecule has 6 N–H and O–H groups in total. The minimum atomic E-state index is -1.70. The molecule has 0 saturated carbocycles. The molecule has 10 heteroatoms. The topological polar surface area (TPSA) is 125 Å². The fraction of sp³-hybridized carbons (Fsp3) is 0.429. The molecule has 2 rings (SSSR count). The maximum Gasteiger partial charge on any atom is 0.475 e. The second-order valence-electron chi connectivity index (χ2n) is 7.29. The lowest BCUT2D eigenvalue weighted by Crippen LogP contribution is -2.54. The molecule has 0 heterocycles. The second-order valence-corrected chi connectivity index (χ2v) is 8.28. The van der Waals surface area contributed by atoms with Crippen molar-refractivity contribution in [1.29, 1.82) is 0 Å². The van der Waals surface area contributed by atoms with Crippen molar-refractivity contribution in [1.82, 2.24) is 10.6 Å². The molecule has 0 aliphatic heterocycles. The number of carbonyl (C=O) groups excluding carboxylic acids is 2. The number of halogens is 1. The van der Waals surface area contributed by atoms with Crippen LogP contribution in [-0.2, 0) is 4.79 Å². The molecular weight excluding hydrogens is 420 g/mol. The molecule has 2 aromatic rings. The van der Waals surface area contributed by atoms with Crippen LogP contribution >= 0.6 is 11.8 Å². The number of nitrogens with two attached hydrogens (primary N) is 1. The number of benzene rings is 2. The minimum absolute atomic E-state index is 0.329. The fourth-order valence-electron chi connectivity index (χ4n) is 3.27. The summed E-state index contributed by atoms with van der Waals surface area (Å²) in [5, 5.41) is 25.7. The van der Waals surface area contributed by atoms with Gasteiger partial charge in [0.15, 0.2) is 0 Å². The van der Waals surface area contributed by atoms with Gasteiger partial charge in [-0.1, -0.05) is 18.2 Å². The van der Waals surface area contributed by atoms with Crippen molar-refractivity contribution in [3.8, 4) is 0 Å². The molecule has 2 amide bonds. The Hall–Kier alpha value is -2.14. The lowest BCUT2D eigenvalue weighted by Gasteiger charge is -2.23. The number of hydrogen-bond donors (Lipinski definition) is 5. The zero-order valence-electron chi connectivity index (χ0n) is 17.5. The Morgan fingerprint density at radius 3 is 2.61 bits per heavy atom. The van der Waals surface area contributed by atoms with E-state index in [4.69, 9.17) is 5.73 Å². The van der Waals surface area contributed by atoms with Crippen molar-refractivity contribution in [3.05, 3.63) is 47.8 Å². The highest BCUT2D eigenvalue weighted by Crippen LogP contribution is 2.20. The van der Waals surface area contributed by atoms with Crippen LogP contribution in [0.5, 0.6) is 0 Å². The molecule has 0 unspecified atom stereocenters. The Bertz CT molecular complexity index is 887. The molecule has 0 aliphatic rings. The summed E-state index contributed by atoms with van der Waals surface area (Å²) in [5.41, 5.74) is 5.87. The van der Waals surface area contributed by atoms with E-state index in [9.17, 15) is 24.0 Å². The van der Waals surface area contributed by atoms with E-state index in [1.165, 1.54) is 30.0 Å². The molecule has 2 atom stereocenters. The normalized spacial score (nSPS) is 12.9. The summed E-state index contributed by atoms with van der Waals surface area (Å²) in [6, 6.07) is 8.26. The van der Waals surface area contributed by atoms with Crippen LogP contribution in [-0.4, -0.2) is 59.5 Å². The highest BCUT2D eigenvalue weighted by atomic mass is 32.2. The van der Waals surface area contributed by atoms with Crippen LogP contribution in [0, 0.1) is 5.82 Å². The van der Waals surface area contributed by atoms with Crippen LogP contribution in [0.25, 0.3) is 10.8 Å². The summed E-state index contributed by atoms with van der Waals surface area (Å²) < 4.78 is 13.5. The number of rotatable bonds is 12. The van der Waals surface area contributed by atoms with Gasteiger partial charge in [-0.25, -0.2) is 4.39 Å². The third-order valence-corrected chi connectivity index (χ3v) is 5.62. The Balaban J connectivity index is 2.19. The Morgan fingerprint density at radius 1 is 1.16 bits per heavy atom. The van der Waals surface area contributed by atoms with Gasteiger partial charge in [0.2, 0.25) is 5.91 Å². The zero-order chi connectivity index (χ0) is 22.8. The van der Waals surface area contributed by atoms with Gasteiger partial charge in [0.1, 0.15) is 11.9 Å². The minimum Gasteiger partial charge on any atom is -0.426 e. The smallest absolute Gasteiger partial charge is 0.426 e. The van der Waals surface area contributed by atoms with Gasteiger partial charge in [0.05, 0.1) is 5.94 Å². The van der Waals surface area contributed by atoms with E-state index in [0.29, 0.717) is 54.3 Å². The summed E-state index contributed by atoms with van der Waals surface area (Å²) >= 11 is 1.53. The average Bonchev–Trinajstić information content (AvgIpc) is 2.74. The van der Waals surface area contributed by atoms with Crippen LogP contribution in [0.1, 0.15) is 36.0 Å². The first kappa shape index (κ1) is 25.1. The molecule has 0 saturated heterocycles. The van der Waals surface area contributed by atoms with Crippen molar-refractivity contribution in [2.75, 3.05) is 18.6 Å². The highest BCUT2D eigenvalue weighted by Gasteiger charge is 2.29. The molecule has 0 aromatic heterocycles. The molecule has 0 bridgehead atoms. The molecule has 168 valence electrons. The monoisotopic (exact) mass is 449 g/mol. The van der Waals surface area contributed by atoms with Crippen LogP contribution in [0.3, 0.4) is 0 Å². The van der Waals surface area contributed by atoms with E-state index < -0.39 is 36.7 Å². The van der Waals surface area contributed by atoms with Gasteiger partial charge in [0.25, 0.3) is 5.91 Å². The molecule has 31 heavy (non-hydrogen) atoms. The van der Waals surface area contributed by atoms with Crippen LogP contribution in [0.15, 0.2) is 36.4 Å². The van der Waals surface area contributed by atoms with E-state index in [0.717, 1.165) is 0 Å². The fourth-order valence-corrected chi connectivity index (χ4v) is 3.76. The largest absolute Gasteiger partial charge is 0.475 e. The first-order valence-electron chi connectivity index (χ1n) is 10.2. The van der Waals surface area contributed by atoms with Crippen molar-refractivity contribution < 1.29 is 24.0 Å². The van der Waals surface area contributed by atoms with Crippen molar-refractivity contribution in [3.63, 3.8) is 0 Å². The van der Waals surface area contributed by atoms with E-state index in [-0.39, 0.29) is 0 Å². The summed E-state index contributed by atoms with van der Waals surface area (Å²) in [4.78, 5) is 25.8. The molecule has 7 nitrogen and oxygen atoms in total. The number of hydrogen-bond acceptors (Lipinski definition) is 6. The molecule has 0 aliphatic carbocycles. The maximum atomic E-state index is 13.5. The number of nitrogens with one attached hydrogen (secondary N) is 2. The lowest BCUT2D eigenvalue weighted by molar-refractivity contribution is -0.123. The van der Waals surface area contributed by atoms with Crippen molar-refractivity contribution >= 4 is 41.5 Å². The summed E-state index contributed by atoms with van der Waals surface area (Å²) in [5.74, 6) is -1.55. The SMILES string of the molecule is CSCC[C@H](NC(=O)[C@H](CCCCN)NC(=O)c1cccc2cc(F)ccc12)B(O)O. The van der Waals surface area contributed by atoms with E-state index in [2.05, 4.69) is 10.6 Å². The molecule has 0 spiro atoms. The number of amides is 2. The first-order chi connectivity index (χ1) is 14.9.